The van der Waals surface area contributed by atoms with Gasteiger partial charge in [0.2, 0.25) is 12.3 Å². The van der Waals surface area contributed by atoms with Gasteiger partial charge in [0.15, 0.2) is 0 Å². The fourth-order valence-electron chi connectivity index (χ4n) is 1.61. The third-order valence-electron chi connectivity index (χ3n) is 2.94. The first-order valence-electron chi connectivity index (χ1n) is 4.68. The molecular formula is C9H13F2NO. The third-order valence-corrected chi connectivity index (χ3v) is 2.94. The summed E-state index contributed by atoms with van der Waals surface area (Å²) >= 11 is 0. The Hall–Kier alpha value is -0.670. The monoisotopic (exact) mass is 189 g/mol. The molecule has 0 aromatic rings. The Kier molecular flexibility index (Phi) is 2.00. The smallest absolute Gasteiger partial charge is 0.242 e. The molecule has 1 amide bonds. The number of hydrogen-bond acceptors (Lipinski definition) is 1. The van der Waals surface area contributed by atoms with Crippen LogP contribution in [0.25, 0.3) is 0 Å². The maximum absolute atomic E-state index is 12.1. The number of amides is 1. The highest BCUT2D eigenvalue weighted by atomic mass is 19.3. The van der Waals surface area contributed by atoms with Crippen LogP contribution in [0.5, 0.6) is 0 Å². The molecule has 2 aliphatic rings. The summed E-state index contributed by atoms with van der Waals surface area (Å²) in [6.45, 7) is 2.04. The van der Waals surface area contributed by atoms with Gasteiger partial charge >= 0.3 is 0 Å². The summed E-state index contributed by atoms with van der Waals surface area (Å²) < 4.78 is 24.2. The SMILES string of the molecule is CC1CC1NC(=O)[C@H]1C[C@@H]1C(F)F. The molecule has 2 aliphatic carbocycles. The van der Waals surface area contributed by atoms with Crippen LogP contribution in [-0.4, -0.2) is 18.4 Å². The maximum Gasteiger partial charge on any atom is 0.242 e. The minimum Gasteiger partial charge on any atom is -0.353 e. The summed E-state index contributed by atoms with van der Waals surface area (Å²) in [5.74, 6) is -0.714. The van der Waals surface area contributed by atoms with Crippen molar-refractivity contribution in [2.24, 2.45) is 17.8 Å². The Labute approximate surface area is 75.7 Å². The normalized spacial score (nSPS) is 41.8. The van der Waals surface area contributed by atoms with Crippen LogP contribution in [0.15, 0.2) is 0 Å². The van der Waals surface area contributed by atoms with Crippen LogP contribution in [-0.2, 0) is 4.79 Å². The molecule has 0 heterocycles. The van der Waals surface area contributed by atoms with Crippen molar-refractivity contribution in [3.05, 3.63) is 0 Å². The van der Waals surface area contributed by atoms with Gasteiger partial charge in [0.05, 0.1) is 0 Å². The predicted octanol–water partition coefficient (Wildman–Crippen LogP) is 1.41. The maximum atomic E-state index is 12.1. The highest BCUT2D eigenvalue weighted by molar-refractivity contribution is 5.82. The summed E-state index contributed by atoms with van der Waals surface area (Å²) in [7, 11) is 0. The van der Waals surface area contributed by atoms with Crippen molar-refractivity contribution in [2.45, 2.75) is 32.2 Å². The van der Waals surface area contributed by atoms with Gasteiger partial charge in [-0.1, -0.05) is 6.92 Å². The second-order valence-electron chi connectivity index (χ2n) is 4.17. The molecule has 0 aromatic heterocycles. The average molecular weight is 189 g/mol. The Bertz CT molecular complexity index is 232. The van der Waals surface area contributed by atoms with E-state index in [1.807, 2.05) is 6.92 Å². The summed E-state index contributed by atoms with van der Waals surface area (Å²) in [5.41, 5.74) is 0. The molecule has 0 bridgehead atoms. The number of halogens is 2. The second-order valence-corrected chi connectivity index (χ2v) is 4.17. The summed E-state index contributed by atoms with van der Waals surface area (Å²) in [5, 5.41) is 2.78. The molecule has 0 aliphatic heterocycles. The van der Waals surface area contributed by atoms with E-state index in [1.54, 1.807) is 0 Å². The van der Waals surface area contributed by atoms with Crippen molar-refractivity contribution in [3.8, 4) is 0 Å². The first kappa shape index (κ1) is 8.91. The van der Waals surface area contributed by atoms with Gasteiger partial charge < -0.3 is 5.32 Å². The van der Waals surface area contributed by atoms with Crippen LogP contribution in [0.2, 0.25) is 0 Å². The van der Waals surface area contributed by atoms with E-state index < -0.39 is 18.3 Å². The molecule has 0 spiro atoms. The zero-order valence-corrected chi connectivity index (χ0v) is 7.47. The number of nitrogens with one attached hydrogen (secondary N) is 1. The van der Waals surface area contributed by atoms with Crippen molar-refractivity contribution in [1.29, 1.82) is 0 Å². The molecule has 2 rings (SSSR count). The Morgan fingerprint density at radius 2 is 2.08 bits per heavy atom. The first-order chi connectivity index (χ1) is 6.09. The summed E-state index contributed by atoms with van der Waals surface area (Å²) in [4.78, 5) is 11.3. The molecule has 4 heteroatoms. The summed E-state index contributed by atoms with van der Waals surface area (Å²) in [6.07, 6.45) is -0.963. The molecular weight excluding hydrogens is 176 g/mol. The van der Waals surface area contributed by atoms with Gasteiger partial charge in [-0.05, 0) is 18.8 Å². The highest BCUT2D eigenvalue weighted by Gasteiger charge is 2.50. The topological polar surface area (TPSA) is 29.1 Å². The lowest BCUT2D eigenvalue weighted by atomic mass is 10.3. The Morgan fingerprint density at radius 3 is 2.46 bits per heavy atom. The van der Waals surface area contributed by atoms with E-state index in [4.69, 9.17) is 0 Å². The van der Waals surface area contributed by atoms with Gasteiger partial charge in [-0.25, -0.2) is 8.78 Å². The number of carbonyl (C=O) groups is 1. The lowest BCUT2D eigenvalue weighted by Crippen LogP contribution is -2.29. The highest BCUT2D eigenvalue weighted by Crippen LogP contribution is 2.44. The summed E-state index contributed by atoms with van der Waals surface area (Å²) in [6, 6.07) is 0.256. The van der Waals surface area contributed by atoms with Gasteiger partial charge in [0, 0.05) is 17.9 Å². The van der Waals surface area contributed by atoms with Crippen molar-refractivity contribution in [3.63, 3.8) is 0 Å². The van der Waals surface area contributed by atoms with Crippen molar-refractivity contribution < 1.29 is 13.6 Å². The number of rotatable bonds is 3. The third kappa shape index (κ3) is 1.81. The molecule has 0 aromatic carbocycles. The lowest BCUT2D eigenvalue weighted by molar-refractivity contribution is -0.123. The van der Waals surface area contributed by atoms with E-state index in [0.29, 0.717) is 12.3 Å². The van der Waals surface area contributed by atoms with E-state index in [0.717, 1.165) is 6.42 Å². The number of hydrogen-bond donors (Lipinski definition) is 1. The van der Waals surface area contributed by atoms with Crippen LogP contribution >= 0.6 is 0 Å². The Morgan fingerprint density at radius 1 is 1.46 bits per heavy atom. The molecule has 0 saturated heterocycles. The van der Waals surface area contributed by atoms with Crippen LogP contribution < -0.4 is 5.32 Å². The fraction of sp³-hybridized carbons (Fsp3) is 0.889. The van der Waals surface area contributed by atoms with E-state index in [1.165, 1.54) is 0 Å². The van der Waals surface area contributed by atoms with Gasteiger partial charge in [-0.15, -0.1) is 0 Å². The molecule has 4 atom stereocenters. The average Bonchev–Trinajstić information content (AvgIpc) is 2.86. The van der Waals surface area contributed by atoms with Gasteiger partial charge in [0.25, 0.3) is 0 Å². The van der Waals surface area contributed by atoms with E-state index in [-0.39, 0.29) is 11.9 Å². The molecule has 74 valence electrons. The Balaban J connectivity index is 1.74. The number of carbonyl (C=O) groups excluding carboxylic acids is 1. The molecule has 13 heavy (non-hydrogen) atoms. The van der Waals surface area contributed by atoms with Gasteiger partial charge in [0.1, 0.15) is 0 Å². The van der Waals surface area contributed by atoms with Crippen molar-refractivity contribution in [2.75, 3.05) is 0 Å². The van der Waals surface area contributed by atoms with Gasteiger partial charge in [-0.3, -0.25) is 4.79 Å². The predicted molar refractivity (Wildman–Crippen MR) is 43.3 cm³/mol. The first-order valence-corrected chi connectivity index (χ1v) is 4.68. The minimum absolute atomic E-state index is 0.167. The van der Waals surface area contributed by atoms with Crippen molar-refractivity contribution >= 4 is 5.91 Å². The van der Waals surface area contributed by atoms with E-state index in [9.17, 15) is 13.6 Å². The largest absolute Gasteiger partial charge is 0.353 e. The van der Waals surface area contributed by atoms with Crippen LogP contribution in [0.4, 0.5) is 8.78 Å². The minimum atomic E-state index is -2.33. The van der Waals surface area contributed by atoms with Gasteiger partial charge in [-0.2, -0.15) is 0 Å². The van der Waals surface area contributed by atoms with E-state index in [2.05, 4.69) is 5.32 Å². The molecule has 0 radical (unpaired) electrons. The van der Waals surface area contributed by atoms with Crippen molar-refractivity contribution in [1.82, 2.24) is 5.32 Å². The van der Waals surface area contributed by atoms with Crippen LogP contribution in [0.1, 0.15) is 19.8 Å². The fourth-order valence-corrected chi connectivity index (χ4v) is 1.61. The van der Waals surface area contributed by atoms with Crippen LogP contribution in [0.3, 0.4) is 0 Å². The zero-order chi connectivity index (χ0) is 9.59. The standard InChI is InChI=1S/C9H13F2NO/c1-4-2-7(4)12-9(13)6-3-5(6)8(10)11/h4-8H,2-3H2,1H3,(H,12,13)/t4?,5-,6-,7?/m0/s1. The molecule has 2 saturated carbocycles. The zero-order valence-electron chi connectivity index (χ0n) is 7.47. The molecule has 2 nitrogen and oxygen atoms in total. The van der Waals surface area contributed by atoms with E-state index >= 15 is 0 Å². The number of alkyl halides is 2. The molecule has 1 N–H and O–H groups in total. The molecule has 2 fully saturated rings. The quantitative estimate of drug-likeness (QED) is 0.714. The lowest BCUT2D eigenvalue weighted by Gasteiger charge is -2.02. The second kappa shape index (κ2) is 2.93. The molecule has 2 unspecified atom stereocenters. The van der Waals surface area contributed by atoms with Crippen LogP contribution in [0, 0.1) is 17.8 Å².